The number of hydrogen-bond donors (Lipinski definition) is 2. The highest BCUT2D eigenvalue weighted by atomic mass is 16.5. The fourth-order valence-electron chi connectivity index (χ4n) is 2.66. The summed E-state index contributed by atoms with van der Waals surface area (Å²) in [5, 5.41) is 6.55. The molecule has 27 heavy (non-hydrogen) atoms. The lowest BCUT2D eigenvalue weighted by molar-refractivity contribution is 0.331. The minimum absolute atomic E-state index is 0.524. The number of benzene rings is 2. The lowest BCUT2D eigenvalue weighted by atomic mass is 10.1. The summed E-state index contributed by atoms with van der Waals surface area (Å²) in [6.45, 7) is 5.28. The molecular weight excluding hydrogens is 340 g/mol. The van der Waals surface area contributed by atoms with Crippen molar-refractivity contribution in [1.82, 2.24) is 9.97 Å². The molecule has 3 aromatic rings. The summed E-state index contributed by atoms with van der Waals surface area (Å²) in [5.41, 5.74) is 3.35. The van der Waals surface area contributed by atoms with E-state index in [1.54, 1.807) is 13.3 Å². The fraction of sp³-hybridized carbons (Fsp3) is 0.238. The molecule has 0 aliphatic rings. The third-order valence-corrected chi connectivity index (χ3v) is 4.11. The van der Waals surface area contributed by atoms with Crippen molar-refractivity contribution in [3.63, 3.8) is 0 Å². The number of aryl methyl sites for hydroxylation is 2. The molecule has 0 atom stereocenters. The molecule has 3 rings (SSSR count). The van der Waals surface area contributed by atoms with Crippen molar-refractivity contribution in [2.75, 3.05) is 30.9 Å². The largest absolute Gasteiger partial charge is 0.497 e. The van der Waals surface area contributed by atoms with Crippen LogP contribution in [0.4, 0.5) is 17.5 Å². The molecule has 0 fully saturated rings. The summed E-state index contributed by atoms with van der Waals surface area (Å²) in [6.07, 6.45) is 1.73. The van der Waals surface area contributed by atoms with Gasteiger partial charge in [-0.3, -0.25) is 0 Å². The van der Waals surface area contributed by atoms with E-state index in [4.69, 9.17) is 9.47 Å². The lowest BCUT2D eigenvalue weighted by Crippen LogP contribution is -2.13. The third-order valence-electron chi connectivity index (χ3n) is 4.11. The molecule has 1 aromatic heterocycles. The summed E-state index contributed by atoms with van der Waals surface area (Å²) in [7, 11) is 1.64. The second-order valence-electron chi connectivity index (χ2n) is 6.11. The Labute approximate surface area is 159 Å². The van der Waals surface area contributed by atoms with Crippen LogP contribution in [0.3, 0.4) is 0 Å². The van der Waals surface area contributed by atoms with Gasteiger partial charge in [-0.2, -0.15) is 4.98 Å². The van der Waals surface area contributed by atoms with Gasteiger partial charge in [0, 0.05) is 11.9 Å². The van der Waals surface area contributed by atoms with Gasteiger partial charge in [-0.25, -0.2) is 4.98 Å². The average molecular weight is 364 g/mol. The first kappa shape index (κ1) is 18.5. The van der Waals surface area contributed by atoms with Crippen molar-refractivity contribution in [3.05, 3.63) is 65.9 Å². The number of nitrogens with one attached hydrogen (secondary N) is 2. The van der Waals surface area contributed by atoms with Crippen LogP contribution < -0.4 is 20.1 Å². The van der Waals surface area contributed by atoms with E-state index in [1.165, 1.54) is 0 Å². The van der Waals surface area contributed by atoms with Gasteiger partial charge in [0.25, 0.3) is 0 Å². The molecular formula is C21H24N4O2. The quantitative estimate of drug-likeness (QED) is 0.580. The van der Waals surface area contributed by atoms with E-state index in [2.05, 4.69) is 46.6 Å². The fourth-order valence-corrected chi connectivity index (χ4v) is 2.66. The minimum Gasteiger partial charge on any atom is -0.497 e. The number of hydrogen-bond acceptors (Lipinski definition) is 6. The molecule has 140 valence electrons. The zero-order valence-corrected chi connectivity index (χ0v) is 15.8. The molecule has 6 nitrogen and oxygen atoms in total. The van der Waals surface area contributed by atoms with Gasteiger partial charge in [-0.05, 0) is 55.3 Å². The van der Waals surface area contributed by atoms with Gasteiger partial charge in [-0.1, -0.05) is 18.2 Å². The van der Waals surface area contributed by atoms with Crippen molar-refractivity contribution in [2.45, 2.75) is 13.8 Å². The monoisotopic (exact) mass is 364 g/mol. The Balaban J connectivity index is 1.53. The molecule has 0 aliphatic carbocycles. The number of nitrogens with zero attached hydrogens (tertiary/aromatic N) is 2. The van der Waals surface area contributed by atoms with Gasteiger partial charge < -0.3 is 20.1 Å². The molecule has 0 saturated carbocycles. The van der Waals surface area contributed by atoms with Gasteiger partial charge >= 0.3 is 0 Å². The van der Waals surface area contributed by atoms with E-state index < -0.39 is 0 Å². The molecule has 0 spiro atoms. The number of aromatic nitrogens is 2. The number of para-hydroxylation sites is 1. The maximum Gasteiger partial charge on any atom is 0.229 e. The van der Waals surface area contributed by atoms with Crippen molar-refractivity contribution < 1.29 is 9.47 Å². The predicted octanol–water partition coefficient (Wildman–Crippen LogP) is 4.34. The van der Waals surface area contributed by atoms with Crippen LogP contribution in [0.5, 0.6) is 11.5 Å². The van der Waals surface area contributed by atoms with Crippen molar-refractivity contribution >= 4 is 17.5 Å². The van der Waals surface area contributed by atoms with Crippen LogP contribution in [-0.2, 0) is 0 Å². The molecule has 2 aromatic carbocycles. The Bertz CT molecular complexity index is 861. The van der Waals surface area contributed by atoms with Crippen LogP contribution >= 0.6 is 0 Å². The Hall–Kier alpha value is -3.28. The van der Waals surface area contributed by atoms with Crippen LogP contribution in [0.2, 0.25) is 0 Å². The summed E-state index contributed by atoms with van der Waals surface area (Å²) in [6, 6.07) is 15.5. The van der Waals surface area contributed by atoms with Crippen molar-refractivity contribution in [1.29, 1.82) is 0 Å². The Kier molecular flexibility index (Phi) is 6.10. The second kappa shape index (κ2) is 8.89. The molecule has 0 amide bonds. The Morgan fingerprint density at radius 2 is 1.63 bits per heavy atom. The molecule has 2 N–H and O–H groups in total. The van der Waals surface area contributed by atoms with Crippen molar-refractivity contribution in [2.24, 2.45) is 0 Å². The van der Waals surface area contributed by atoms with Gasteiger partial charge in [0.15, 0.2) is 0 Å². The first-order valence-electron chi connectivity index (χ1n) is 8.83. The smallest absolute Gasteiger partial charge is 0.229 e. The van der Waals surface area contributed by atoms with Crippen LogP contribution in [-0.4, -0.2) is 30.2 Å². The van der Waals surface area contributed by atoms with E-state index >= 15 is 0 Å². The number of anilines is 3. The molecule has 0 radical (unpaired) electrons. The maximum atomic E-state index is 5.71. The standard InChI is InChI=1S/C21H24N4O2/c1-15-5-4-6-16(2)20(15)25-21-23-12-11-19(24-21)22-13-14-27-18-9-7-17(26-3)8-10-18/h4-12H,13-14H2,1-3H3,(H2,22,23,24,25). The van der Waals surface area contributed by atoms with Crippen molar-refractivity contribution in [3.8, 4) is 11.5 Å². The van der Waals surface area contributed by atoms with Crippen LogP contribution in [0.1, 0.15) is 11.1 Å². The van der Waals surface area contributed by atoms with Gasteiger partial charge in [0.2, 0.25) is 5.95 Å². The van der Waals surface area contributed by atoms with E-state index in [1.807, 2.05) is 36.4 Å². The molecule has 0 aliphatic heterocycles. The summed E-state index contributed by atoms with van der Waals surface area (Å²) in [5.74, 6) is 2.92. The zero-order valence-electron chi connectivity index (χ0n) is 15.8. The Morgan fingerprint density at radius 3 is 2.33 bits per heavy atom. The maximum absolute atomic E-state index is 5.71. The zero-order chi connectivity index (χ0) is 19.1. The average Bonchev–Trinajstić information content (AvgIpc) is 2.69. The molecule has 0 bridgehead atoms. The molecule has 1 heterocycles. The minimum atomic E-state index is 0.524. The van der Waals surface area contributed by atoms with E-state index in [0.717, 1.165) is 34.1 Å². The van der Waals surface area contributed by atoms with Gasteiger partial charge in [0.1, 0.15) is 23.9 Å². The van der Waals surface area contributed by atoms with E-state index in [9.17, 15) is 0 Å². The van der Waals surface area contributed by atoms with Crippen LogP contribution in [0.15, 0.2) is 54.7 Å². The molecule has 0 unspecified atom stereocenters. The van der Waals surface area contributed by atoms with E-state index in [-0.39, 0.29) is 0 Å². The number of methoxy groups -OCH3 is 1. The lowest BCUT2D eigenvalue weighted by Gasteiger charge is -2.12. The third kappa shape index (κ3) is 5.10. The molecule has 0 saturated heterocycles. The highest BCUT2D eigenvalue weighted by Gasteiger charge is 2.05. The second-order valence-corrected chi connectivity index (χ2v) is 6.11. The first-order chi connectivity index (χ1) is 13.2. The molecule has 6 heteroatoms. The van der Waals surface area contributed by atoms with Crippen LogP contribution in [0, 0.1) is 13.8 Å². The first-order valence-corrected chi connectivity index (χ1v) is 8.83. The Morgan fingerprint density at radius 1 is 0.926 bits per heavy atom. The summed E-state index contributed by atoms with van der Waals surface area (Å²) < 4.78 is 10.8. The SMILES string of the molecule is COc1ccc(OCCNc2ccnc(Nc3c(C)cccc3C)n2)cc1. The highest BCUT2D eigenvalue weighted by Crippen LogP contribution is 2.22. The topological polar surface area (TPSA) is 68.3 Å². The number of ether oxygens (including phenoxy) is 2. The summed E-state index contributed by atoms with van der Waals surface area (Å²) >= 11 is 0. The van der Waals surface area contributed by atoms with Gasteiger partial charge in [-0.15, -0.1) is 0 Å². The highest BCUT2D eigenvalue weighted by molar-refractivity contribution is 5.63. The predicted molar refractivity (Wildman–Crippen MR) is 108 cm³/mol. The van der Waals surface area contributed by atoms with E-state index in [0.29, 0.717) is 19.1 Å². The van der Waals surface area contributed by atoms with Crippen LogP contribution in [0.25, 0.3) is 0 Å². The number of rotatable bonds is 8. The van der Waals surface area contributed by atoms with Gasteiger partial charge in [0.05, 0.1) is 13.7 Å². The normalized spacial score (nSPS) is 10.3. The summed E-state index contributed by atoms with van der Waals surface area (Å²) in [4.78, 5) is 8.82.